The fourth-order valence-electron chi connectivity index (χ4n) is 3.81. The van der Waals surface area contributed by atoms with Gasteiger partial charge in [-0.2, -0.15) is 0 Å². The van der Waals surface area contributed by atoms with Gasteiger partial charge in [-0.15, -0.1) is 0 Å². The lowest BCUT2D eigenvalue weighted by atomic mass is 10.0. The maximum Gasteiger partial charge on any atom is 0.282 e. The quantitative estimate of drug-likeness (QED) is 0.813. The molecule has 0 radical (unpaired) electrons. The van der Waals surface area contributed by atoms with E-state index in [4.69, 9.17) is 4.74 Å². The summed E-state index contributed by atoms with van der Waals surface area (Å²) in [5.74, 6) is 0.995. The minimum Gasteiger partial charge on any atom is -0.497 e. The number of hydrogen-bond donors (Lipinski definition) is 1. The van der Waals surface area contributed by atoms with Gasteiger partial charge in [-0.1, -0.05) is 6.92 Å². The van der Waals surface area contributed by atoms with Crippen LogP contribution in [0.3, 0.4) is 0 Å². The number of anilines is 1. The van der Waals surface area contributed by atoms with Crippen LogP contribution in [0.4, 0.5) is 5.69 Å². The summed E-state index contributed by atoms with van der Waals surface area (Å²) in [5.41, 5.74) is 3.03. The molecule has 4 nitrogen and oxygen atoms in total. The van der Waals surface area contributed by atoms with Gasteiger partial charge in [0.2, 0.25) is 0 Å². The number of rotatable bonds is 6. The van der Waals surface area contributed by atoms with Gasteiger partial charge in [0.15, 0.2) is 6.04 Å². The third kappa shape index (κ3) is 3.86. The number of nitrogens with one attached hydrogen (secondary N) is 1. The average Bonchev–Trinajstić information content (AvgIpc) is 2.95. The SMILES string of the molecule is CCCC(C(=O)Nc1c(C)cc(OC)cc1C)[N+]1(C)CCCC1. The van der Waals surface area contributed by atoms with Crippen LogP contribution in [0.1, 0.15) is 43.7 Å². The van der Waals surface area contributed by atoms with E-state index in [2.05, 4.69) is 19.3 Å². The van der Waals surface area contributed by atoms with E-state index in [1.165, 1.54) is 12.8 Å². The molecule has 1 saturated heterocycles. The smallest absolute Gasteiger partial charge is 0.282 e. The Morgan fingerprint density at radius 2 is 1.83 bits per heavy atom. The van der Waals surface area contributed by atoms with Crippen molar-refractivity contribution in [3.63, 3.8) is 0 Å². The lowest BCUT2D eigenvalue weighted by molar-refractivity contribution is -0.913. The second-order valence-electron chi connectivity index (χ2n) is 7.06. The molecule has 1 amide bonds. The predicted octanol–water partition coefficient (Wildman–Crippen LogP) is 3.66. The highest BCUT2D eigenvalue weighted by Crippen LogP contribution is 2.29. The van der Waals surface area contributed by atoms with E-state index in [1.807, 2.05) is 26.0 Å². The number of nitrogens with zero attached hydrogens (tertiary/aromatic N) is 1. The van der Waals surface area contributed by atoms with Gasteiger partial charge in [-0.3, -0.25) is 4.79 Å². The average molecular weight is 319 g/mol. The molecule has 1 N–H and O–H groups in total. The Balaban J connectivity index is 2.22. The topological polar surface area (TPSA) is 38.3 Å². The molecule has 1 heterocycles. The Hall–Kier alpha value is -1.55. The minimum atomic E-state index is 0.0448. The first-order valence-electron chi connectivity index (χ1n) is 8.71. The zero-order valence-electron chi connectivity index (χ0n) is 15.2. The normalized spacial score (nSPS) is 17.8. The Morgan fingerprint density at radius 3 is 2.30 bits per heavy atom. The Morgan fingerprint density at radius 1 is 1.26 bits per heavy atom. The number of amides is 1. The Bertz CT molecular complexity index is 539. The molecule has 0 bridgehead atoms. The third-order valence-corrected chi connectivity index (χ3v) is 5.20. The van der Waals surface area contributed by atoms with E-state index in [1.54, 1.807) is 7.11 Å². The van der Waals surface area contributed by atoms with E-state index in [0.717, 1.165) is 53.0 Å². The number of ether oxygens (including phenoxy) is 1. The number of carbonyl (C=O) groups excluding carboxylic acids is 1. The zero-order valence-corrected chi connectivity index (χ0v) is 15.2. The van der Waals surface area contributed by atoms with E-state index < -0.39 is 0 Å². The lowest BCUT2D eigenvalue weighted by Gasteiger charge is -2.37. The van der Waals surface area contributed by atoms with Crippen LogP contribution in [-0.2, 0) is 4.79 Å². The van der Waals surface area contributed by atoms with Crippen LogP contribution in [0, 0.1) is 13.8 Å². The van der Waals surface area contributed by atoms with Crippen molar-refractivity contribution in [2.75, 3.05) is 32.6 Å². The van der Waals surface area contributed by atoms with Crippen LogP contribution in [0.2, 0.25) is 0 Å². The molecule has 23 heavy (non-hydrogen) atoms. The number of likely N-dealkylation sites (tertiary alicyclic amines) is 1. The molecular formula is C19H31N2O2+. The first-order chi connectivity index (χ1) is 10.9. The molecule has 1 aromatic rings. The molecular weight excluding hydrogens is 288 g/mol. The number of benzene rings is 1. The zero-order chi connectivity index (χ0) is 17.0. The predicted molar refractivity (Wildman–Crippen MR) is 94.9 cm³/mol. The van der Waals surface area contributed by atoms with Crippen molar-refractivity contribution in [3.8, 4) is 5.75 Å². The van der Waals surface area contributed by atoms with Gasteiger partial charge in [0.1, 0.15) is 5.75 Å². The van der Waals surface area contributed by atoms with Crippen LogP contribution < -0.4 is 10.1 Å². The van der Waals surface area contributed by atoms with Gasteiger partial charge in [0, 0.05) is 24.9 Å². The molecule has 1 aromatic carbocycles. The van der Waals surface area contributed by atoms with Crippen LogP contribution in [0.25, 0.3) is 0 Å². The summed E-state index contributed by atoms with van der Waals surface area (Å²) in [7, 11) is 3.91. The summed E-state index contributed by atoms with van der Waals surface area (Å²) < 4.78 is 6.19. The van der Waals surface area contributed by atoms with Gasteiger partial charge in [-0.25, -0.2) is 0 Å². The summed E-state index contributed by atoms with van der Waals surface area (Å²) in [4.78, 5) is 13.0. The lowest BCUT2D eigenvalue weighted by Crippen LogP contribution is -2.55. The molecule has 1 aliphatic rings. The second-order valence-corrected chi connectivity index (χ2v) is 7.06. The molecule has 1 aliphatic heterocycles. The van der Waals surface area contributed by atoms with Crippen LogP contribution in [-0.4, -0.2) is 43.7 Å². The fourth-order valence-corrected chi connectivity index (χ4v) is 3.81. The van der Waals surface area contributed by atoms with Gasteiger partial charge in [0.25, 0.3) is 5.91 Å². The van der Waals surface area contributed by atoms with E-state index in [9.17, 15) is 4.79 Å². The fraction of sp³-hybridized carbons (Fsp3) is 0.632. The highest BCUT2D eigenvalue weighted by Gasteiger charge is 2.40. The maximum atomic E-state index is 13.0. The molecule has 2 rings (SSSR count). The van der Waals surface area contributed by atoms with Crippen molar-refractivity contribution >= 4 is 11.6 Å². The molecule has 128 valence electrons. The van der Waals surface area contributed by atoms with Gasteiger partial charge < -0.3 is 14.5 Å². The summed E-state index contributed by atoms with van der Waals surface area (Å²) in [6, 6.07) is 4.00. The van der Waals surface area contributed by atoms with Crippen molar-refractivity contribution in [1.82, 2.24) is 0 Å². The molecule has 1 unspecified atom stereocenters. The van der Waals surface area contributed by atoms with Crippen LogP contribution in [0.5, 0.6) is 5.75 Å². The van der Waals surface area contributed by atoms with Crippen molar-refractivity contribution in [1.29, 1.82) is 0 Å². The number of carbonyl (C=O) groups is 1. The minimum absolute atomic E-state index is 0.0448. The van der Waals surface area contributed by atoms with Crippen molar-refractivity contribution in [2.24, 2.45) is 0 Å². The van der Waals surface area contributed by atoms with Gasteiger partial charge >= 0.3 is 0 Å². The second kappa shape index (κ2) is 7.35. The molecule has 0 aromatic heterocycles. The standard InChI is InChI=1S/C19H30N2O2/c1-6-9-17(21(4)10-7-8-11-21)19(22)20-18-14(2)12-16(23-5)13-15(18)3/h12-13,17H,6-11H2,1-5H3/p+1. The molecule has 1 fully saturated rings. The first kappa shape index (κ1) is 17.8. The van der Waals surface area contributed by atoms with Crippen molar-refractivity contribution in [3.05, 3.63) is 23.3 Å². The molecule has 0 spiro atoms. The summed E-state index contributed by atoms with van der Waals surface area (Å²) in [6.07, 6.45) is 4.43. The molecule has 1 atom stereocenters. The Kier molecular flexibility index (Phi) is 5.69. The number of hydrogen-bond acceptors (Lipinski definition) is 2. The number of quaternary nitrogens is 1. The van der Waals surface area contributed by atoms with E-state index >= 15 is 0 Å². The number of likely N-dealkylation sites (N-methyl/N-ethyl adjacent to an activating group) is 1. The number of aryl methyl sites for hydroxylation is 2. The number of methoxy groups -OCH3 is 1. The Labute approximate surface area is 140 Å². The third-order valence-electron chi connectivity index (χ3n) is 5.20. The first-order valence-corrected chi connectivity index (χ1v) is 8.71. The maximum absolute atomic E-state index is 13.0. The van der Waals surface area contributed by atoms with Crippen LogP contribution in [0.15, 0.2) is 12.1 Å². The van der Waals surface area contributed by atoms with Gasteiger partial charge in [0.05, 0.1) is 27.2 Å². The van der Waals surface area contributed by atoms with Crippen LogP contribution >= 0.6 is 0 Å². The van der Waals surface area contributed by atoms with Crippen molar-refractivity contribution < 1.29 is 14.0 Å². The summed E-state index contributed by atoms with van der Waals surface area (Å²) in [6.45, 7) is 8.42. The highest BCUT2D eigenvalue weighted by atomic mass is 16.5. The highest BCUT2D eigenvalue weighted by molar-refractivity contribution is 5.95. The van der Waals surface area contributed by atoms with E-state index in [0.29, 0.717) is 0 Å². The van der Waals surface area contributed by atoms with E-state index in [-0.39, 0.29) is 11.9 Å². The summed E-state index contributed by atoms with van der Waals surface area (Å²) in [5, 5.41) is 3.21. The summed E-state index contributed by atoms with van der Waals surface area (Å²) >= 11 is 0. The molecule has 0 aliphatic carbocycles. The molecule has 4 heteroatoms. The monoisotopic (exact) mass is 319 g/mol. The molecule has 0 saturated carbocycles. The van der Waals surface area contributed by atoms with Gasteiger partial charge in [-0.05, 0) is 43.5 Å². The largest absolute Gasteiger partial charge is 0.497 e. The van der Waals surface area contributed by atoms with Crippen molar-refractivity contribution in [2.45, 2.75) is 52.5 Å².